The summed E-state index contributed by atoms with van der Waals surface area (Å²) in [6.45, 7) is 1.86. The number of benzene rings is 3. The molecule has 0 heterocycles. The van der Waals surface area contributed by atoms with Gasteiger partial charge in [0.25, 0.3) is 5.91 Å². The average molecular weight is 487 g/mol. The smallest absolute Gasteiger partial charge is 0.251 e. The highest BCUT2D eigenvalue weighted by atomic mass is 32.2. The summed E-state index contributed by atoms with van der Waals surface area (Å²) in [5.41, 5.74) is 1.49. The SMILES string of the molecule is COc1ccc([C@H](C)NC(=O)c2ccc(OC)c(S(=O)(=O)N(C)Cc3ccccc3)c2)cc1F. The molecule has 0 saturated carbocycles. The highest BCUT2D eigenvalue weighted by Crippen LogP contribution is 2.29. The zero-order valence-corrected chi connectivity index (χ0v) is 20.2. The molecule has 1 atom stereocenters. The van der Waals surface area contributed by atoms with E-state index in [1.165, 1.54) is 55.9 Å². The molecular formula is C25H27FN2O5S. The molecule has 0 aliphatic carbocycles. The van der Waals surface area contributed by atoms with Crippen molar-refractivity contribution in [2.75, 3.05) is 21.3 Å². The van der Waals surface area contributed by atoms with E-state index in [-0.39, 0.29) is 28.5 Å². The van der Waals surface area contributed by atoms with Crippen molar-refractivity contribution in [2.24, 2.45) is 0 Å². The van der Waals surface area contributed by atoms with E-state index in [1.807, 2.05) is 30.3 Å². The van der Waals surface area contributed by atoms with Gasteiger partial charge in [0.15, 0.2) is 11.6 Å². The molecule has 0 aliphatic rings. The van der Waals surface area contributed by atoms with Crippen LogP contribution in [0.3, 0.4) is 0 Å². The molecule has 9 heteroatoms. The Morgan fingerprint density at radius 2 is 1.65 bits per heavy atom. The van der Waals surface area contributed by atoms with Gasteiger partial charge < -0.3 is 14.8 Å². The zero-order chi connectivity index (χ0) is 24.9. The number of nitrogens with zero attached hydrogens (tertiary/aromatic N) is 1. The average Bonchev–Trinajstić information content (AvgIpc) is 2.84. The van der Waals surface area contributed by atoms with E-state index in [0.717, 1.165) is 5.56 Å². The van der Waals surface area contributed by atoms with Crippen molar-refractivity contribution >= 4 is 15.9 Å². The molecule has 1 amide bonds. The number of carbonyl (C=O) groups excluding carboxylic acids is 1. The lowest BCUT2D eigenvalue weighted by Crippen LogP contribution is -2.29. The number of methoxy groups -OCH3 is 2. The Bertz CT molecular complexity index is 1270. The number of rotatable bonds is 9. The first-order chi connectivity index (χ1) is 16.2. The maximum absolute atomic E-state index is 14.0. The lowest BCUT2D eigenvalue weighted by atomic mass is 10.1. The predicted octanol–water partition coefficient (Wildman–Crippen LogP) is 4.15. The van der Waals surface area contributed by atoms with Crippen LogP contribution >= 0.6 is 0 Å². The normalized spacial score (nSPS) is 12.3. The maximum atomic E-state index is 14.0. The zero-order valence-electron chi connectivity index (χ0n) is 19.4. The number of hydrogen-bond donors (Lipinski definition) is 1. The standard InChI is InChI=1S/C25H27FN2O5S/c1-17(19-10-12-22(32-3)21(26)14-19)27-25(29)20-11-13-23(33-4)24(15-20)34(30,31)28(2)16-18-8-6-5-7-9-18/h5-15,17H,16H2,1-4H3,(H,27,29)/t17-/m0/s1. The summed E-state index contributed by atoms with van der Waals surface area (Å²) in [6.07, 6.45) is 0. The number of ether oxygens (including phenoxy) is 2. The van der Waals surface area contributed by atoms with Crippen LogP contribution in [0.5, 0.6) is 11.5 Å². The van der Waals surface area contributed by atoms with Crippen molar-refractivity contribution in [3.05, 3.63) is 89.2 Å². The second kappa shape index (κ2) is 10.7. The summed E-state index contributed by atoms with van der Waals surface area (Å²) in [6, 6.07) is 17.3. The van der Waals surface area contributed by atoms with Gasteiger partial charge in [0.1, 0.15) is 10.6 Å². The molecule has 180 valence electrons. The third-order valence-corrected chi connectivity index (χ3v) is 7.21. The number of sulfonamides is 1. The maximum Gasteiger partial charge on any atom is 0.251 e. The first-order valence-electron chi connectivity index (χ1n) is 10.5. The molecule has 7 nitrogen and oxygen atoms in total. The lowest BCUT2D eigenvalue weighted by Gasteiger charge is -2.20. The third-order valence-electron chi connectivity index (χ3n) is 5.39. The molecule has 0 aliphatic heterocycles. The quantitative estimate of drug-likeness (QED) is 0.491. The Kier molecular flexibility index (Phi) is 7.90. The van der Waals surface area contributed by atoms with Crippen molar-refractivity contribution < 1.29 is 27.1 Å². The number of amides is 1. The number of nitrogens with one attached hydrogen (secondary N) is 1. The largest absolute Gasteiger partial charge is 0.495 e. The van der Waals surface area contributed by atoms with Crippen LogP contribution in [0.15, 0.2) is 71.6 Å². The molecule has 3 rings (SSSR count). The lowest BCUT2D eigenvalue weighted by molar-refractivity contribution is 0.0939. The Hall–Kier alpha value is -3.43. The van der Waals surface area contributed by atoms with Crippen LogP contribution < -0.4 is 14.8 Å². The fourth-order valence-corrected chi connectivity index (χ4v) is 4.76. The minimum atomic E-state index is -3.97. The molecule has 0 aromatic heterocycles. The van der Waals surface area contributed by atoms with E-state index < -0.39 is 27.8 Å². The molecule has 0 radical (unpaired) electrons. The second-order valence-corrected chi connectivity index (χ2v) is 9.71. The summed E-state index contributed by atoms with van der Waals surface area (Å²) < 4.78 is 52.0. The van der Waals surface area contributed by atoms with Crippen LogP contribution in [0.2, 0.25) is 0 Å². The monoisotopic (exact) mass is 486 g/mol. The van der Waals surface area contributed by atoms with Crippen LogP contribution in [0, 0.1) is 5.82 Å². The summed E-state index contributed by atoms with van der Waals surface area (Å²) in [7, 11) is 0.240. The van der Waals surface area contributed by atoms with Gasteiger partial charge in [-0.05, 0) is 48.4 Å². The van der Waals surface area contributed by atoms with Gasteiger partial charge >= 0.3 is 0 Å². The fourth-order valence-electron chi connectivity index (χ4n) is 3.43. The van der Waals surface area contributed by atoms with Crippen molar-refractivity contribution in [1.82, 2.24) is 9.62 Å². The molecule has 0 fully saturated rings. The van der Waals surface area contributed by atoms with Gasteiger partial charge in [-0.15, -0.1) is 0 Å². The number of halogens is 1. The molecule has 1 N–H and O–H groups in total. The molecule has 0 unspecified atom stereocenters. The van der Waals surface area contributed by atoms with Crippen LogP contribution in [-0.2, 0) is 16.6 Å². The first kappa shape index (κ1) is 25.2. The molecule has 0 spiro atoms. The van der Waals surface area contributed by atoms with E-state index in [4.69, 9.17) is 9.47 Å². The topological polar surface area (TPSA) is 84.9 Å². The Labute approximate surface area is 199 Å². The molecule has 34 heavy (non-hydrogen) atoms. The van der Waals surface area contributed by atoms with Gasteiger partial charge in [-0.1, -0.05) is 36.4 Å². The third kappa shape index (κ3) is 5.55. The van der Waals surface area contributed by atoms with Gasteiger partial charge in [-0.3, -0.25) is 4.79 Å². The summed E-state index contributed by atoms with van der Waals surface area (Å²) in [5.74, 6) is -0.817. The highest BCUT2D eigenvalue weighted by Gasteiger charge is 2.27. The summed E-state index contributed by atoms with van der Waals surface area (Å²) in [5, 5.41) is 2.77. The van der Waals surface area contributed by atoms with Gasteiger partial charge in [0, 0.05) is 19.2 Å². The van der Waals surface area contributed by atoms with Gasteiger partial charge in [-0.2, -0.15) is 4.31 Å². The Balaban J connectivity index is 1.85. The molecule has 3 aromatic rings. The van der Waals surface area contributed by atoms with E-state index in [2.05, 4.69) is 5.32 Å². The van der Waals surface area contributed by atoms with Crippen LogP contribution in [-0.4, -0.2) is 39.9 Å². The highest BCUT2D eigenvalue weighted by molar-refractivity contribution is 7.89. The van der Waals surface area contributed by atoms with E-state index in [0.29, 0.717) is 5.56 Å². The van der Waals surface area contributed by atoms with E-state index in [9.17, 15) is 17.6 Å². The fraction of sp³-hybridized carbons (Fsp3) is 0.240. The minimum Gasteiger partial charge on any atom is -0.495 e. The summed E-state index contributed by atoms with van der Waals surface area (Å²) >= 11 is 0. The minimum absolute atomic E-state index is 0.104. The van der Waals surface area contributed by atoms with Crippen molar-refractivity contribution in [3.8, 4) is 11.5 Å². The first-order valence-corrected chi connectivity index (χ1v) is 11.9. The van der Waals surface area contributed by atoms with Crippen molar-refractivity contribution in [3.63, 3.8) is 0 Å². The second-order valence-electron chi connectivity index (χ2n) is 7.70. The van der Waals surface area contributed by atoms with Gasteiger partial charge in [-0.25, -0.2) is 12.8 Å². The number of hydrogen-bond acceptors (Lipinski definition) is 5. The molecule has 0 saturated heterocycles. The number of carbonyl (C=O) groups is 1. The van der Waals surface area contributed by atoms with E-state index >= 15 is 0 Å². The van der Waals surface area contributed by atoms with Crippen LogP contribution in [0.25, 0.3) is 0 Å². The van der Waals surface area contributed by atoms with Crippen LogP contribution in [0.4, 0.5) is 4.39 Å². The Morgan fingerprint density at radius 1 is 1.00 bits per heavy atom. The van der Waals surface area contributed by atoms with Crippen molar-refractivity contribution in [1.29, 1.82) is 0 Å². The molecular weight excluding hydrogens is 459 g/mol. The molecule has 0 bridgehead atoms. The predicted molar refractivity (Wildman–Crippen MR) is 127 cm³/mol. The van der Waals surface area contributed by atoms with Crippen molar-refractivity contribution in [2.45, 2.75) is 24.4 Å². The van der Waals surface area contributed by atoms with Gasteiger partial charge in [0.2, 0.25) is 10.0 Å². The Morgan fingerprint density at radius 3 is 2.26 bits per heavy atom. The van der Waals surface area contributed by atoms with Gasteiger partial charge in [0.05, 0.1) is 20.3 Å². The summed E-state index contributed by atoms with van der Waals surface area (Å²) in [4.78, 5) is 12.8. The van der Waals surface area contributed by atoms with E-state index in [1.54, 1.807) is 13.0 Å². The van der Waals surface area contributed by atoms with Crippen LogP contribution in [0.1, 0.15) is 34.5 Å². The molecule has 3 aromatic carbocycles.